The normalized spacial score (nSPS) is 12.8. The molecule has 0 fully saturated rings. The highest BCUT2D eigenvalue weighted by molar-refractivity contribution is 7.85. The predicted molar refractivity (Wildman–Crippen MR) is 103 cm³/mol. The molecule has 140 valence electrons. The molecule has 1 aromatic carbocycles. The van der Waals surface area contributed by atoms with Crippen LogP contribution in [0.25, 0.3) is 0 Å². The Bertz CT molecular complexity index is 699. The van der Waals surface area contributed by atoms with Gasteiger partial charge in [-0.25, -0.2) is 0 Å². The molecule has 0 spiro atoms. The summed E-state index contributed by atoms with van der Waals surface area (Å²) in [7, 11) is -3.54. The van der Waals surface area contributed by atoms with Gasteiger partial charge < -0.3 is 0 Å². The van der Waals surface area contributed by atoms with Crippen molar-refractivity contribution >= 4 is 33.3 Å². The van der Waals surface area contributed by atoms with Crippen LogP contribution in [0.4, 0.5) is 0 Å². The van der Waals surface area contributed by atoms with E-state index < -0.39 is 10.1 Å². The molecule has 1 aromatic rings. The van der Waals surface area contributed by atoms with E-state index in [2.05, 4.69) is 6.92 Å². The number of halogens is 2. The minimum atomic E-state index is -3.54. The molecule has 0 saturated carbocycles. The van der Waals surface area contributed by atoms with E-state index in [1.807, 2.05) is 6.07 Å². The largest absolute Gasteiger partial charge is 0.270 e. The smallest absolute Gasteiger partial charge is 0.264 e. The average molecular weight is 406 g/mol. The monoisotopic (exact) mass is 405 g/mol. The van der Waals surface area contributed by atoms with Crippen molar-refractivity contribution in [3.05, 3.63) is 33.3 Å². The third-order valence-electron chi connectivity index (χ3n) is 4.06. The second kappa shape index (κ2) is 11.0. The molecule has 0 aromatic heterocycles. The van der Waals surface area contributed by atoms with Crippen LogP contribution >= 0.6 is 23.2 Å². The lowest BCUT2D eigenvalue weighted by molar-refractivity contribution is 0.285. The maximum absolute atomic E-state index is 11.3. The van der Waals surface area contributed by atoms with Gasteiger partial charge in [-0.2, -0.15) is 13.7 Å². The standard InChI is InChI=1S/C18H25Cl2NO3S/c1-3-4-5-6-7-8-9-14(13-24-25(2,22)23)15-10-11-17(19)16(12-21)18(15)20/h10-11,14H,3-9,13H2,1-2H3. The summed E-state index contributed by atoms with van der Waals surface area (Å²) in [6, 6.07) is 5.37. The number of benzene rings is 1. The van der Waals surface area contributed by atoms with Gasteiger partial charge in [-0.15, -0.1) is 0 Å². The van der Waals surface area contributed by atoms with Crippen LogP contribution < -0.4 is 0 Å². The van der Waals surface area contributed by atoms with Crippen LogP contribution in [0.15, 0.2) is 12.1 Å². The maximum atomic E-state index is 11.3. The Hall–Kier alpha value is -0.800. The average Bonchev–Trinajstić information content (AvgIpc) is 2.54. The lowest BCUT2D eigenvalue weighted by Crippen LogP contribution is -2.13. The summed E-state index contributed by atoms with van der Waals surface area (Å²) in [4.78, 5) is 0. The highest BCUT2D eigenvalue weighted by Gasteiger charge is 2.20. The minimum absolute atomic E-state index is 0.0139. The van der Waals surface area contributed by atoms with Crippen LogP contribution in [-0.4, -0.2) is 21.3 Å². The number of hydrogen-bond acceptors (Lipinski definition) is 4. The first-order chi connectivity index (χ1) is 11.8. The van der Waals surface area contributed by atoms with Gasteiger partial charge in [0.1, 0.15) is 6.07 Å². The van der Waals surface area contributed by atoms with Gasteiger partial charge in [-0.1, -0.05) is 74.7 Å². The fraction of sp³-hybridized carbons (Fsp3) is 0.611. The van der Waals surface area contributed by atoms with Crippen molar-refractivity contribution in [2.75, 3.05) is 12.9 Å². The van der Waals surface area contributed by atoms with Crippen molar-refractivity contribution in [2.24, 2.45) is 0 Å². The SMILES string of the molecule is CCCCCCCCC(COS(C)(=O)=O)c1ccc(Cl)c(C#N)c1Cl. The molecular formula is C18H25Cl2NO3S. The van der Waals surface area contributed by atoms with E-state index in [9.17, 15) is 13.7 Å². The number of nitrogens with zero attached hydrogens (tertiary/aromatic N) is 1. The van der Waals surface area contributed by atoms with Crippen molar-refractivity contribution < 1.29 is 12.6 Å². The minimum Gasteiger partial charge on any atom is -0.270 e. The first kappa shape index (κ1) is 22.2. The highest BCUT2D eigenvalue weighted by atomic mass is 35.5. The maximum Gasteiger partial charge on any atom is 0.264 e. The molecule has 0 saturated heterocycles. The summed E-state index contributed by atoms with van der Waals surface area (Å²) in [5.74, 6) is -0.197. The van der Waals surface area contributed by atoms with Crippen molar-refractivity contribution in [3.63, 3.8) is 0 Å². The van der Waals surface area contributed by atoms with Gasteiger partial charge in [-0.3, -0.25) is 4.18 Å². The van der Waals surface area contributed by atoms with Gasteiger partial charge in [0.05, 0.1) is 28.5 Å². The highest BCUT2D eigenvalue weighted by Crippen LogP contribution is 2.35. The number of hydrogen-bond donors (Lipinski definition) is 0. The van der Waals surface area contributed by atoms with Gasteiger partial charge in [-0.05, 0) is 18.1 Å². The van der Waals surface area contributed by atoms with Crippen LogP contribution in [0.1, 0.15) is 68.9 Å². The number of rotatable bonds is 11. The molecule has 4 nitrogen and oxygen atoms in total. The Morgan fingerprint density at radius 1 is 1.16 bits per heavy atom. The Labute approximate surface area is 161 Å². The third-order valence-corrected chi connectivity index (χ3v) is 5.35. The lowest BCUT2D eigenvalue weighted by atomic mass is 9.92. The van der Waals surface area contributed by atoms with E-state index in [1.54, 1.807) is 12.1 Å². The zero-order valence-corrected chi connectivity index (χ0v) is 17.1. The molecule has 0 aliphatic heterocycles. The second-order valence-corrected chi connectivity index (χ2v) is 8.61. The first-order valence-electron chi connectivity index (χ1n) is 8.52. The molecule has 25 heavy (non-hydrogen) atoms. The zero-order valence-electron chi connectivity index (χ0n) is 14.7. The van der Waals surface area contributed by atoms with Crippen LogP contribution in [0, 0.1) is 11.3 Å². The Balaban J connectivity index is 2.86. The second-order valence-electron chi connectivity index (χ2n) is 6.18. The Morgan fingerprint density at radius 3 is 2.40 bits per heavy atom. The zero-order chi connectivity index (χ0) is 18.9. The summed E-state index contributed by atoms with van der Waals surface area (Å²) >= 11 is 12.3. The van der Waals surface area contributed by atoms with E-state index in [4.69, 9.17) is 27.4 Å². The molecule has 0 bridgehead atoms. The molecule has 0 aliphatic carbocycles. The molecule has 1 unspecified atom stereocenters. The van der Waals surface area contributed by atoms with Crippen LogP contribution in [0.3, 0.4) is 0 Å². The van der Waals surface area contributed by atoms with Crippen LogP contribution in [0.5, 0.6) is 0 Å². The van der Waals surface area contributed by atoms with E-state index in [0.717, 1.165) is 31.9 Å². The fourth-order valence-electron chi connectivity index (χ4n) is 2.69. The lowest BCUT2D eigenvalue weighted by Gasteiger charge is -2.19. The van der Waals surface area contributed by atoms with Crippen molar-refractivity contribution in [2.45, 2.75) is 57.8 Å². The Kier molecular flexibility index (Phi) is 9.81. The van der Waals surface area contributed by atoms with Gasteiger partial charge in [0.25, 0.3) is 10.1 Å². The van der Waals surface area contributed by atoms with E-state index in [0.29, 0.717) is 10.6 Å². The fourth-order valence-corrected chi connectivity index (χ4v) is 3.71. The van der Waals surface area contributed by atoms with Crippen LogP contribution in [0.2, 0.25) is 10.0 Å². The summed E-state index contributed by atoms with van der Waals surface area (Å²) in [6.45, 7) is 2.19. The molecule has 0 aliphatic rings. The first-order valence-corrected chi connectivity index (χ1v) is 11.1. The van der Waals surface area contributed by atoms with Crippen molar-refractivity contribution in [1.82, 2.24) is 0 Å². The molecule has 0 heterocycles. The Morgan fingerprint density at radius 2 is 1.80 bits per heavy atom. The third kappa shape index (κ3) is 7.96. The van der Waals surface area contributed by atoms with Gasteiger partial charge in [0.2, 0.25) is 0 Å². The summed E-state index contributed by atoms with van der Waals surface area (Å²) < 4.78 is 27.7. The predicted octanol–water partition coefficient (Wildman–Crippen LogP) is 5.68. The summed E-state index contributed by atoms with van der Waals surface area (Å²) in [5, 5.41) is 9.79. The molecule has 0 amide bonds. The van der Waals surface area contributed by atoms with E-state index in [1.165, 1.54) is 19.3 Å². The molecular weight excluding hydrogens is 381 g/mol. The van der Waals surface area contributed by atoms with Gasteiger partial charge >= 0.3 is 0 Å². The molecule has 7 heteroatoms. The van der Waals surface area contributed by atoms with Gasteiger partial charge in [0, 0.05) is 5.92 Å². The topological polar surface area (TPSA) is 67.2 Å². The van der Waals surface area contributed by atoms with Crippen molar-refractivity contribution in [1.29, 1.82) is 5.26 Å². The summed E-state index contributed by atoms with van der Waals surface area (Å²) in [5.41, 5.74) is 0.924. The van der Waals surface area contributed by atoms with Crippen molar-refractivity contribution in [3.8, 4) is 6.07 Å². The summed E-state index contributed by atoms with van der Waals surface area (Å²) in [6.07, 6.45) is 8.59. The molecule has 1 rings (SSSR count). The molecule has 0 radical (unpaired) electrons. The van der Waals surface area contributed by atoms with Crippen LogP contribution in [-0.2, 0) is 14.3 Å². The molecule has 1 atom stereocenters. The number of nitriles is 1. The van der Waals surface area contributed by atoms with E-state index in [-0.39, 0.29) is 23.1 Å². The quantitative estimate of drug-likeness (QED) is 0.350. The molecule has 0 N–H and O–H groups in total. The van der Waals surface area contributed by atoms with Gasteiger partial charge in [0.15, 0.2) is 0 Å². The number of unbranched alkanes of at least 4 members (excludes halogenated alkanes) is 5. The van der Waals surface area contributed by atoms with E-state index >= 15 is 0 Å².